The van der Waals surface area contributed by atoms with Crippen LogP contribution < -0.4 is 4.90 Å². The molecule has 4 atom stereocenters. The van der Waals surface area contributed by atoms with E-state index in [0.29, 0.717) is 31.5 Å². The van der Waals surface area contributed by atoms with Gasteiger partial charge in [-0.2, -0.15) is 0 Å². The van der Waals surface area contributed by atoms with Crippen molar-refractivity contribution in [3.8, 4) is 0 Å². The van der Waals surface area contributed by atoms with Gasteiger partial charge in [0.25, 0.3) is 0 Å². The summed E-state index contributed by atoms with van der Waals surface area (Å²) >= 11 is 1.62. The Morgan fingerprint density at radius 1 is 0.739 bits per heavy atom. The van der Waals surface area contributed by atoms with Crippen LogP contribution in [0.15, 0.2) is 83.8 Å². The molecule has 3 aromatic carbocycles. The van der Waals surface area contributed by atoms with Crippen LogP contribution in [-0.2, 0) is 43.2 Å². The number of rotatable bonds is 5. The number of fused-ring (bicyclic) bond motifs is 2. The number of hydrogen-bond donors (Lipinski definition) is 0. The van der Waals surface area contributed by atoms with Gasteiger partial charge >= 0.3 is 12.1 Å². The third kappa shape index (κ3) is 6.35. The topological polar surface area (TPSA) is 96.5 Å². The minimum absolute atomic E-state index is 0.0762. The zero-order valence-electron chi connectivity index (χ0n) is 26.5. The van der Waals surface area contributed by atoms with Gasteiger partial charge < -0.3 is 19.3 Å². The van der Waals surface area contributed by atoms with Crippen molar-refractivity contribution < 1.29 is 28.7 Å². The maximum atomic E-state index is 14.7. The van der Waals surface area contributed by atoms with Crippen LogP contribution in [0.1, 0.15) is 43.9 Å². The molecule has 0 aliphatic carbocycles. The van der Waals surface area contributed by atoms with E-state index in [4.69, 9.17) is 9.47 Å². The highest BCUT2D eigenvalue weighted by Crippen LogP contribution is 2.39. The minimum Gasteiger partial charge on any atom is -0.467 e. The van der Waals surface area contributed by atoms with Crippen LogP contribution in [0.3, 0.4) is 0 Å². The summed E-state index contributed by atoms with van der Waals surface area (Å²) < 4.78 is 10.9. The van der Waals surface area contributed by atoms with Crippen molar-refractivity contribution in [3.05, 3.63) is 95.6 Å². The second-order valence-corrected chi connectivity index (χ2v) is 14.3. The number of hydrogen-bond acceptors (Lipinski definition) is 7. The Morgan fingerprint density at radius 2 is 1.35 bits per heavy atom. The number of thioether (sulfide) groups is 1. The summed E-state index contributed by atoms with van der Waals surface area (Å²) in [5.74, 6) is -1.10. The first kappa shape index (κ1) is 31.7. The standard InChI is InChI=1S/C36H39N3O6S/c1-36(2,3)45-35(43)39-28-17-11-10-13-24(28)19-30(39)33(41)38-22-27(46-26-15-6-5-7-16-26)20-29(38)32(40)37-21-25-14-9-8-12-23(25)18-31(37)34(42)44-4/h5-17,27,29-31H,18-22H2,1-4H3/t27-,29-,30-,31-/m1/s1. The van der Waals surface area contributed by atoms with E-state index in [-0.39, 0.29) is 23.6 Å². The molecule has 1 fully saturated rings. The number of amides is 3. The summed E-state index contributed by atoms with van der Waals surface area (Å²) in [6, 6.07) is 22.6. The average molecular weight is 642 g/mol. The van der Waals surface area contributed by atoms with Gasteiger partial charge in [-0.15, -0.1) is 11.8 Å². The molecule has 10 heteroatoms. The van der Waals surface area contributed by atoms with E-state index in [0.717, 1.165) is 21.6 Å². The Hall–Kier alpha value is -4.31. The Kier molecular flexibility index (Phi) is 8.83. The van der Waals surface area contributed by atoms with Gasteiger partial charge in [0.05, 0.1) is 12.8 Å². The number of para-hydroxylation sites is 1. The first-order valence-electron chi connectivity index (χ1n) is 15.6. The Balaban J connectivity index is 1.34. The first-order chi connectivity index (χ1) is 22.0. The maximum Gasteiger partial charge on any atom is 0.415 e. The normalized spacial score (nSPS) is 22.2. The largest absolute Gasteiger partial charge is 0.467 e. The summed E-state index contributed by atoms with van der Waals surface area (Å²) in [4.78, 5) is 61.6. The highest BCUT2D eigenvalue weighted by Gasteiger charge is 2.50. The van der Waals surface area contributed by atoms with Gasteiger partial charge in [-0.25, -0.2) is 9.59 Å². The van der Waals surface area contributed by atoms with Gasteiger partial charge in [0.15, 0.2) is 0 Å². The van der Waals surface area contributed by atoms with Gasteiger partial charge in [0.1, 0.15) is 23.7 Å². The second-order valence-electron chi connectivity index (χ2n) is 13.0. The molecular weight excluding hydrogens is 602 g/mol. The van der Waals surface area contributed by atoms with Crippen LogP contribution in [0.25, 0.3) is 0 Å². The van der Waals surface area contributed by atoms with Crippen molar-refractivity contribution in [1.29, 1.82) is 0 Å². The summed E-state index contributed by atoms with van der Waals surface area (Å²) in [7, 11) is 1.33. The Bertz CT molecular complexity index is 1640. The molecular formula is C36H39N3O6S. The number of esters is 1. The lowest BCUT2D eigenvalue weighted by atomic mass is 9.93. The molecule has 0 aromatic heterocycles. The highest BCUT2D eigenvalue weighted by atomic mass is 32.2. The Morgan fingerprint density at radius 3 is 2.04 bits per heavy atom. The molecule has 240 valence electrons. The second kappa shape index (κ2) is 12.8. The monoisotopic (exact) mass is 641 g/mol. The minimum atomic E-state index is -0.874. The summed E-state index contributed by atoms with van der Waals surface area (Å²) in [6.45, 7) is 5.93. The molecule has 0 saturated carbocycles. The number of anilines is 1. The van der Waals surface area contributed by atoms with E-state index in [2.05, 4.69) is 0 Å². The van der Waals surface area contributed by atoms with Crippen LogP contribution in [0.2, 0.25) is 0 Å². The molecule has 3 heterocycles. The zero-order valence-corrected chi connectivity index (χ0v) is 27.4. The zero-order chi connectivity index (χ0) is 32.6. The Labute approximate surface area is 273 Å². The molecule has 1 saturated heterocycles. The van der Waals surface area contributed by atoms with Crippen LogP contribution >= 0.6 is 11.8 Å². The SMILES string of the molecule is COC(=O)[C@H]1Cc2ccccc2CN1C(=O)[C@H]1C[C@@H](Sc2ccccc2)CN1C(=O)[C@H]1Cc2ccccc2N1C(=O)OC(C)(C)C. The van der Waals surface area contributed by atoms with E-state index in [1.165, 1.54) is 12.0 Å². The molecule has 3 aliphatic heterocycles. The number of likely N-dealkylation sites (tertiary alicyclic amines) is 1. The number of carbonyl (C=O) groups excluding carboxylic acids is 4. The van der Waals surface area contributed by atoms with E-state index in [9.17, 15) is 19.2 Å². The highest BCUT2D eigenvalue weighted by molar-refractivity contribution is 8.00. The molecule has 0 N–H and O–H groups in total. The lowest BCUT2D eigenvalue weighted by Gasteiger charge is -2.39. The van der Waals surface area contributed by atoms with Crippen molar-refractivity contribution in [2.75, 3.05) is 18.6 Å². The number of carbonyl (C=O) groups is 4. The number of benzene rings is 3. The van der Waals surface area contributed by atoms with Crippen LogP contribution in [0, 0.1) is 0 Å². The molecule has 0 radical (unpaired) electrons. The smallest absolute Gasteiger partial charge is 0.415 e. The summed E-state index contributed by atoms with van der Waals surface area (Å²) in [5.41, 5.74) is 2.69. The van der Waals surface area contributed by atoms with E-state index >= 15 is 0 Å². The van der Waals surface area contributed by atoms with Crippen LogP contribution in [0.4, 0.5) is 10.5 Å². The third-order valence-corrected chi connectivity index (χ3v) is 9.95. The molecule has 3 aliphatic rings. The quantitative estimate of drug-likeness (QED) is 0.352. The van der Waals surface area contributed by atoms with Crippen LogP contribution in [0.5, 0.6) is 0 Å². The molecule has 6 rings (SSSR count). The fraction of sp³-hybridized carbons (Fsp3) is 0.389. The van der Waals surface area contributed by atoms with Crippen molar-refractivity contribution in [1.82, 2.24) is 9.80 Å². The van der Waals surface area contributed by atoms with Crippen molar-refractivity contribution in [3.63, 3.8) is 0 Å². The lowest BCUT2D eigenvalue weighted by Crippen LogP contribution is -2.58. The molecule has 9 nitrogen and oxygen atoms in total. The van der Waals surface area contributed by atoms with Gasteiger partial charge in [-0.3, -0.25) is 14.5 Å². The molecule has 3 amide bonds. The fourth-order valence-corrected chi connectivity index (χ4v) is 7.87. The lowest BCUT2D eigenvalue weighted by molar-refractivity contribution is -0.157. The van der Waals surface area contributed by atoms with Gasteiger partial charge in [0.2, 0.25) is 11.8 Å². The van der Waals surface area contributed by atoms with E-state index < -0.39 is 35.8 Å². The third-order valence-electron chi connectivity index (χ3n) is 8.73. The summed E-state index contributed by atoms with van der Waals surface area (Å²) in [5, 5.41) is -0.0762. The predicted molar refractivity (Wildman–Crippen MR) is 175 cm³/mol. The van der Waals surface area contributed by atoms with Crippen molar-refractivity contribution >= 4 is 41.3 Å². The van der Waals surface area contributed by atoms with Gasteiger partial charge in [-0.1, -0.05) is 60.7 Å². The van der Waals surface area contributed by atoms with Crippen molar-refractivity contribution in [2.24, 2.45) is 0 Å². The number of nitrogens with zero attached hydrogens (tertiary/aromatic N) is 3. The van der Waals surface area contributed by atoms with E-state index in [1.807, 2.05) is 78.9 Å². The maximum absolute atomic E-state index is 14.7. The van der Waals surface area contributed by atoms with E-state index in [1.54, 1.807) is 42.3 Å². The molecule has 46 heavy (non-hydrogen) atoms. The summed E-state index contributed by atoms with van der Waals surface area (Å²) in [6.07, 6.45) is 0.445. The molecule has 3 aromatic rings. The predicted octanol–water partition coefficient (Wildman–Crippen LogP) is 5.24. The number of ether oxygens (including phenoxy) is 2. The average Bonchev–Trinajstić information content (AvgIpc) is 3.65. The fourth-order valence-electron chi connectivity index (χ4n) is 6.66. The number of methoxy groups -OCH3 is 1. The van der Waals surface area contributed by atoms with Crippen molar-refractivity contribution in [2.45, 2.75) is 80.5 Å². The molecule has 0 unspecified atom stereocenters. The van der Waals surface area contributed by atoms with Gasteiger partial charge in [0, 0.05) is 36.1 Å². The molecule has 0 spiro atoms. The van der Waals surface area contributed by atoms with Crippen LogP contribution in [-0.4, -0.2) is 76.3 Å². The first-order valence-corrected chi connectivity index (χ1v) is 16.5. The van der Waals surface area contributed by atoms with Gasteiger partial charge in [-0.05, 0) is 62.1 Å². The molecule has 0 bridgehead atoms.